The number of hydrogen-bond donors (Lipinski definition) is 3. The van der Waals surface area contributed by atoms with Crippen molar-refractivity contribution in [3.05, 3.63) is 95.1 Å². The largest absolute Gasteiger partial charge is 0.494 e. The third kappa shape index (κ3) is 13.3. The monoisotopic (exact) mass is 978 g/mol. The van der Waals surface area contributed by atoms with Gasteiger partial charge in [0.25, 0.3) is 5.91 Å². The second-order valence-corrected chi connectivity index (χ2v) is 19.6. The third-order valence-corrected chi connectivity index (χ3v) is 12.9. The highest BCUT2D eigenvalue weighted by molar-refractivity contribution is 7.13. The number of nitrogens with one attached hydrogen (secondary N) is 2. The van der Waals surface area contributed by atoms with Gasteiger partial charge in [-0.05, 0) is 105 Å². The standard InChI is InChI=1S/C50H61F3N6O9S/c1-32-42(69-31-55-32)34-16-14-33(15-17-34)28-54-44(62)40-27-38(60)29-57(40)45(63)43(48(2,3)4)56-41(61)30-67-24-11-23-66-22-8-7-9-25-68-39-20-18-36(19-21-39)59-47(65)58(46(64)49(59,5)6)37-13-10-12-35(26-37)50(51,52)53/h10,12-21,26,31,38,40,43,60H,7-9,11,22-25,27-30H2,1-6H3,(H,54,62)(H,56,61)/t38-,40+,43?/m1/s1. The van der Waals surface area contributed by atoms with Gasteiger partial charge in [-0.15, -0.1) is 11.3 Å². The van der Waals surface area contributed by atoms with Crippen LogP contribution in [0.5, 0.6) is 5.75 Å². The molecule has 69 heavy (non-hydrogen) atoms. The molecule has 2 fully saturated rings. The van der Waals surface area contributed by atoms with Crippen LogP contribution in [0, 0.1) is 12.3 Å². The smallest absolute Gasteiger partial charge is 0.416 e. The first-order chi connectivity index (χ1) is 32.7. The molecular formula is C50H61F3N6O9S. The van der Waals surface area contributed by atoms with E-state index in [-0.39, 0.29) is 44.3 Å². The third-order valence-electron chi connectivity index (χ3n) is 11.9. The van der Waals surface area contributed by atoms with Gasteiger partial charge in [0.1, 0.15) is 30.0 Å². The highest BCUT2D eigenvalue weighted by Crippen LogP contribution is 2.39. The SMILES string of the molecule is Cc1ncsc1-c1ccc(CNC(=O)[C@@H]2C[C@@H](O)CN2C(=O)C(NC(=O)COCCCOCCCCCOc2ccc(N3C(=O)N(c4cccc(C(F)(F)F)c4)C(=O)C3(C)C)cc2)C(C)(C)C)cc1. The second-order valence-electron chi connectivity index (χ2n) is 18.7. The molecule has 6 amide bonds. The summed E-state index contributed by atoms with van der Waals surface area (Å²) < 4.78 is 57.2. The average Bonchev–Trinajstić information content (AvgIpc) is 3.97. The normalized spacial score (nSPS) is 17.6. The fourth-order valence-corrected chi connectivity index (χ4v) is 8.97. The van der Waals surface area contributed by atoms with Crippen LogP contribution in [0.1, 0.15) is 83.5 Å². The van der Waals surface area contributed by atoms with Crippen molar-refractivity contribution < 1.29 is 56.5 Å². The highest BCUT2D eigenvalue weighted by atomic mass is 32.1. The van der Waals surface area contributed by atoms with Crippen molar-refractivity contribution in [3.8, 4) is 16.2 Å². The van der Waals surface area contributed by atoms with Crippen molar-refractivity contribution in [1.82, 2.24) is 20.5 Å². The predicted molar refractivity (Wildman–Crippen MR) is 255 cm³/mol. The zero-order valence-corrected chi connectivity index (χ0v) is 40.6. The van der Waals surface area contributed by atoms with E-state index in [1.807, 2.05) is 52.0 Å². The van der Waals surface area contributed by atoms with Crippen molar-refractivity contribution >= 4 is 52.4 Å². The molecule has 3 heterocycles. The number of carbonyl (C=O) groups is 5. The van der Waals surface area contributed by atoms with Crippen LogP contribution < -0.4 is 25.2 Å². The predicted octanol–water partition coefficient (Wildman–Crippen LogP) is 7.67. The number of halogens is 3. The molecule has 0 saturated carbocycles. The number of aromatic nitrogens is 1. The number of alkyl halides is 3. The number of anilines is 2. The second kappa shape index (κ2) is 22.7. The van der Waals surface area contributed by atoms with Crippen molar-refractivity contribution in [1.29, 1.82) is 0 Å². The van der Waals surface area contributed by atoms with Gasteiger partial charge < -0.3 is 34.9 Å². The molecule has 15 nitrogen and oxygen atoms in total. The van der Waals surface area contributed by atoms with Gasteiger partial charge in [0.15, 0.2) is 0 Å². The quantitative estimate of drug-likeness (QED) is 0.0554. The van der Waals surface area contributed by atoms with Gasteiger partial charge >= 0.3 is 12.2 Å². The van der Waals surface area contributed by atoms with Gasteiger partial charge in [-0.1, -0.05) is 51.1 Å². The molecule has 3 aromatic carbocycles. The minimum absolute atomic E-state index is 0.0300. The summed E-state index contributed by atoms with van der Waals surface area (Å²) in [6, 6.07) is 15.9. The summed E-state index contributed by atoms with van der Waals surface area (Å²) in [4.78, 5) is 75.8. The lowest BCUT2D eigenvalue weighted by molar-refractivity contribution is -0.144. The molecule has 19 heteroatoms. The Hall–Kier alpha value is -5.89. The zero-order valence-electron chi connectivity index (χ0n) is 39.8. The lowest BCUT2D eigenvalue weighted by atomic mass is 9.85. The number of imide groups is 1. The fraction of sp³-hybridized carbons (Fsp3) is 0.480. The summed E-state index contributed by atoms with van der Waals surface area (Å²) >= 11 is 1.56. The Morgan fingerprint density at radius 1 is 0.899 bits per heavy atom. The molecule has 0 radical (unpaired) electrons. The van der Waals surface area contributed by atoms with Crippen LogP contribution in [0.3, 0.4) is 0 Å². The van der Waals surface area contributed by atoms with Gasteiger partial charge in [0.05, 0.1) is 40.0 Å². The number of β-amino-alcohol motifs (C(OH)–C–C–N with tert-alkyl or cyclic N) is 1. The van der Waals surface area contributed by atoms with E-state index in [4.69, 9.17) is 14.2 Å². The molecule has 2 saturated heterocycles. The van der Waals surface area contributed by atoms with Crippen LogP contribution in [-0.2, 0) is 41.4 Å². The summed E-state index contributed by atoms with van der Waals surface area (Å²) in [7, 11) is 0. The lowest BCUT2D eigenvalue weighted by Gasteiger charge is -2.35. The number of ether oxygens (including phenoxy) is 3. The van der Waals surface area contributed by atoms with Gasteiger partial charge in [0.2, 0.25) is 17.7 Å². The van der Waals surface area contributed by atoms with E-state index in [0.717, 1.165) is 64.1 Å². The summed E-state index contributed by atoms with van der Waals surface area (Å²) in [6.07, 6.45) is -2.53. The number of carbonyl (C=O) groups excluding carboxylic acids is 5. The number of unbranched alkanes of at least 4 members (excludes halogenated alkanes) is 2. The molecule has 2 aliphatic heterocycles. The molecule has 372 valence electrons. The summed E-state index contributed by atoms with van der Waals surface area (Å²) in [6.45, 7) is 12.1. The van der Waals surface area contributed by atoms with E-state index in [1.165, 1.54) is 29.7 Å². The fourth-order valence-electron chi connectivity index (χ4n) is 8.15. The Balaban J connectivity index is 0.843. The van der Waals surface area contributed by atoms with Crippen molar-refractivity contribution in [2.24, 2.45) is 5.41 Å². The van der Waals surface area contributed by atoms with E-state index < -0.39 is 64.6 Å². The molecule has 3 N–H and O–H groups in total. The van der Waals surface area contributed by atoms with E-state index >= 15 is 0 Å². The first-order valence-corrected chi connectivity index (χ1v) is 23.8. The van der Waals surface area contributed by atoms with Gasteiger partial charge in [0, 0.05) is 45.0 Å². The lowest BCUT2D eigenvalue weighted by Crippen LogP contribution is -2.58. The summed E-state index contributed by atoms with van der Waals surface area (Å²) in [5.74, 6) is -1.42. The Kier molecular flexibility index (Phi) is 17.3. The van der Waals surface area contributed by atoms with Crippen molar-refractivity contribution in [3.63, 3.8) is 0 Å². The molecule has 1 aromatic heterocycles. The number of aryl methyl sites for hydroxylation is 1. The first kappa shape index (κ1) is 52.5. The Morgan fingerprint density at radius 2 is 1.58 bits per heavy atom. The van der Waals surface area contributed by atoms with Crippen LogP contribution in [0.2, 0.25) is 0 Å². The number of benzene rings is 3. The molecule has 4 aromatic rings. The van der Waals surface area contributed by atoms with Crippen molar-refractivity contribution in [2.75, 3.05) is 49.4 Å². The molecule has 1 unspecified atom stereocenters. The number of aliphatic hydroxyl groups excluding tert-OH is 1. The summed E-state index contributed by atoms with van der Waals surface area (Å²) in [5.41, 5.74) is 1.87. The Morgan fingerprint density at radius 3 is 2.25 bits per heavy atom. The van der Waals surface area contributed by atoms with E-state index in [2.05, 4.69) is 15.6 Å². The number of amides is 6. The topological polar surface area (TPSA) is 180 Å². The van der Waals surface area contributed by atoms with Gasteiger partial charge in [-0.3, -0.25) is 24.1 Å². The maximum Gasteiger partial charge on any atom is 0.416 e. The maximum atomic E-state index is 13.9. The number of hydrogen-bond acceptors (Lipinski definition) is 11. The van der Waals surface area contributed by atoms with Gasteiger partial charge in [-0.25, -0.2) is 14.7 Å². The first-order valence-electron chi connectivity index (χ1n) is 23.0. The van der Waals surface area contributed by atoms with E-state index in [1.54, 1.807) is 41.1 Å². The molecule has 0 aliphatic carbocycles. The molecule has 3 atom stereocenters. The number of urea groups is 1. The van der Waals surface area contributed by atoms with E-state index in [0.29, 0.717) is 37.7 Å². The molecule has 2 aliphatic rings. The molecule has 0 bridgehead atoms. The van der Waals surface area contributed by atoms with Crippen LogP contribution in [-0.4, -0.2) is 108 Å². The Labute approximate surface area is 404 Å². The van der Waals surface area contributed by atoms with E-state index in [9.17, 15) is 42.3 Å². The molecule has 6 rings (SSSR count). The minimum atomic E-state index is -4.64. The number of aliphatic hydroxyl groups is 1. The number of rotatable bonds is 21. The molecular weight excluding hydrogens is 918 g/mol. The van der Waals surface area contributed by atoms with Crippen LogP contribution in [0.25, 0.3) is 10.4 Å². The van der Waals surface area contributed by atoms with Gasteiger partial charge in [-0.2, -0.15) is 13.2 Å². The Bertz CT molecular complexity index is 2420. The average molecular weight is 979 g/mol. The van der Waals surface area contributed by atoms with Crippen LogP contribution in [0.4, 0.5) is 29.3 Å². The highest BCUT2D eigenvalue weighted by Gasteiger charge is 2.53. The minimum Gasteiger partial charge on any atom is -0.494 e. The number of thiazole rings is 1. The summed E-state index contributed by atoms with van der Waals surface area (Å²) in [5, 5.41) is 16.2. The maximum absolute atomic E-state index is 13.9. The number of nitrogens with zero attached hydrogens (tertiary/aromatic N) is 4. The zero-order chi connectivity index (χ0) is 50.1. The molecule has 0 spiro atoms. The van der Waals surface area contributed by atoms with Crippen LogP contribution in [0.15, 0.2) is 78.3 Å². The number of likely N-dealkylation sites (tertiary alicyclic amines) is 1. The van der Waals surface area contributed by atoms with Crippen LogP contribution >= 0.6 is 11.3 Å². The van der Waals surface area contributed by atoms with Crippen molar-refractivity contribution in [2.45, 2.75) is 110 Å².